The second-order valence-electron chi connectivity index (χ2n) is 1.10. The van der Waals surface area contributed by atoms with Gasteiger partial charge in [-0.1, -0.05) is 22.6 Å². The van der Waals surface area contributed by atoms with Crippen LogP contribution in [0, 0.1) is 0 Å². The summed E-state index contributed by atoms with van der Waals surface area (Å²) in [4.78, 5) is 0. The maximum Gasteiger partial charge on any atom is 0.339 e. The zero-order valence-corrected chi connectivity index (χ0v) is 7.81. The van der Waals surface area contributed by atoms with Gasteiger partial charge in [0.05, 0.1) is 0 Å². The first-order chi connectivity index (χ1) is 3.68. The zero-order valence-electron chi connectivity index (χ0n) is 4.76. The van der Waals surface area contributed by atoms with E-state index in [1.54, 1.807) is 0 Å². The van der Waals surface area contributed by atoms with Crippen molar-refractivity contribution in [2.24, 2.45) is 0 Å². The van der Waals surface area contributed by atoms with Gasteiger partial charge in [0.1, 0.15) is 4.17 Å². The largest absolute Gasteiger partial charge is 0.339 e. The van der Waals surface area contributed by atoms with Crippen LogP contribution in [0.4, 0.5) is 0 Å². The lowest BCUT2D eigenvalue weighted by molar-refractivity contribution is 0.281. The zero-order chi connectivity index (χ0) is 6.62. The Morgan fingerprint density at radius 1 is 1.50 bits per heavy atom. The van der Waals surface area contributed by atoms with Gasteiger partial charge in [-0.2, -0.15) is 0 Å². The van der Waals surface area contributed by atoms with E-state index in [0.717, 1.165) is 0 Å². The van der Waals surface area contributed by atoms with Crippen molar-refractivity contribution in [2.45, 2.75) is 0 Å². The fourth-order valence-electron chi connectivity index (χ4n) is 0.172. The van der Waals surface area contributed by atoms with Crippen molar-refractivity contribution in [3.05, 3.63) is 0 Å². The highest BCUT2D eigenvalue weighted by Crippen LogP contribution is 2.47. The number of halogens is 1. The molecule has 0 N–H and O–H groups in total. The van der Waals surface area contributed by atoms with Crippen LogP contribution in [0.1, 0.15) is 0 Å². The van der Waals surface area contributed by atoms with Gasteiger partial charge in [-0.15, -0.1) is 0 Å². The van der Waals surface area contributed by atoms with E-state index in [4.69, 9.17) is 0 Å². The maximum absolute atomic E-state index is 10.9. The number of alkyl halides is 1. The Morgan fingerprint density at radius 3 is 1.88 bits per heavy atom. The van der Waals surface area contributed by atoms with Gasteiger partial charge < -0.3 is 9.05 Å². The lowest BCUT2D eigenvalue weighted by Gasteiger charge is -2.08. The van der Waals surface area contributed by atoms with Crippen LogP contribution in [0.25, 0.3) is 0 Å². The van der Waals surface area contributed by atoms with E-state index < -0.39 is 7.60 Å². The van der Waals surface area contributed by atoms with Crippen molar-refractivity contribution in [3.8, 4) is 0 Å². The monoisotopic (exact) mass is 250 g/mol. The first kappa shape index (κ1) is 8.88. The second-order valence-corrected chi connectivity index (χ2v) is 5.33. The van der Waals surface area contributed by atoms with E-state index in [2.05, 4.69) is 9.05 Å². The van der Waals surface area contributed by atoms with Crippen LogP contribution in [0.15, 0.2) is 0 Å². The summed E-state index contributed by atoms with van der Waals surface area (Å²) < 4.78 is 20.4. The number of rotatable bonds is 3. The lowest BCUT2D eigenvalue weighted by atomic mass is 11.8. The molecule has 0 bridgehead atoms. The third-order valence-electron chi connectivity index (χ3n) is 0.703. The predicted octanol–water partition coefficient (Wildman–Crippen LogP) is 1.86. The molecule has 0 aromatic rings. The topological polar surface area (TPSA) is 35.5 Å². The standard InChI is InChI=1S/C3H8IO3P/c1-6-8(5,3-4)7-2/h3H2,1-2H3. The maximum atomic E-state index is 10.9. The van der Waals surface area contributed by atoms with E-state index >= 15 is 0 Å². The summed E-state index contributed by atoms with van der Waals surface area (Å²) in [7, 11) is 0.0805. The van der Waals surface area contributed by atoms with Crippen molar-refractivity contribution in [3.63, 3.8) is 0 Å². The summed E-state index contributed by atoms with van der Waals surface area (Å²) in [6.45, 7) is 0. The molecular formula is C3H8IO3P. The molecule has 0 heterocycles. The first-order valence-electron chi connectivity index (χ1n) is 1.95. The Hall–Kier alpha value is 0.880. The lowest BCUT2D eigenvalue weighted by Crippen LogP contribution is -1.87. The third-order valence-corrected chi connectivity index (χ3v) is 4.61. The van der Waals surface area contributed by atoms with Crippen molar-refractivity contribution in [2.75, 3.05) is 18.4 Å². The minimum Gasteiger partial charge on any atom is -0.311 e. The molecule has 8 heavy (non-hydrogen) atoms. The van der Waals surface area contributed by atoms with Crippen LogP contribution < -0.4 is 0 Å². The molecule has 0 amide bonds. The van der Waals surface area contributed by atoms with E-state index in [-0.39, 0.29) is 0 Å². The van der Waals surface area contributed by atoms with Crippen LogP contribution in [0.3, 0.4) is 0 Å². The minimum absolute atomic E-state index is 0.401. The summed E-state index contributed by atoms with van der Waals surface area (Å²) in [6, 6.07) is 0. The van der Waals surface area contributed by atoms with Gasteiger partial charge in [-0.25, -0.2) is 0 Å². The van der Waals surface area contributed by atoms with Gasteiger partial charge in [0.2, 0.25) is 0 Å². The van der Waals surface area contributed by atoms with Crippen molar-refractivity contribution in [1.82, 2.24) is 0 Å². The first-order valence-corrected chi connectivity index (χ1v) is 5.20. The second kappa shape index (κ2) is 3.82. The number of hydrogen-bond donors (Lipinski definition) is 0. The van der Waals surface area contributed by atoms with Crippen LogP contribution >= 0.6 is 30.2 Å². The van der Waals surface area contributed by atoms with Crippen LogP contribution in [-0.4, -0.2) is 18.4 Å². The molecule has 0 radical (unpaired) electrons. The molecule has 0 rings (SSSR count). The summed E-state index contributed by atoms with van der Waals surface area (Å²) in [5.41, 5.74) is 0. The molecule has 0 aromatic heterocycles. The highest BCUT2D eigenvalue weighted by atomic mass is 127. The Bertz CT molecular complexity index is 85.7. The minimum atomic E-state index is -2.68. The summed E-state index contributed by atoms with van der Waals surface area (Å²) in [6.07, 6.45) is 0. The van der Waals surface area contributed by atoms with Gasteiger partial charge in [0, 0.05) is 14.2 Å². The Morgan fingerprint density at radius 2 is 1.88 bits per heavy atom. The molecule has 0 spiro atoms. The molecule has 0 aliphatic rings. The smallest absolute Gasteiger partial charge is 0.311 e. The average molecular weight is 250 g/mol. The quantitative estimate of drug-likeness (QED) is 0.435. The van der Waals surface area contributed by atoms with Crippen LogP contribution in [0.5, 0.6) is 0 Å². The van der Waals surface area contributed by atoms with Gasteiger partial charge in [-0.05, 0) is 0 Å². The fraction of sp³-hybridized carbons (Fsp3) is 1.00. The van der Waals surface area contributed by atoms with E-state index in [0.29, 0.717) is 4.17 Å². The molecule has 3 nitrogen and oxygen atoms in total. The molecule has 0 aliphatic heterocycles. The molecule has 5 heteroatoms. The molecule has 0 unspecified atom stereocenters. The highest BCUT2D eigenvalue weighted by molar-refractivity contribution is 14.1. The van der Waals surface area contributed by atoms with Crippen molar-refractivity contribution in [1.29, 1.82) is 0 Å². The Balaban J connectivity index is 3.79. The summed E-state index contributed by atoms with van der Waals surface area (Å²) in [5.74, 6) is 0. The highest BCUT2D eigenvalue weighted by Gasteiger charge is 2.17. The molecule has 0 saturated heterocycles. The van der Waals surface area contributed by atoms with Gasteiger partial charge in [0.15, 0.2) is 0 Å². The molecule has 50 valence electrons. The SMILES string of the molecule is COP(=O)(CI)OC. The van der Waals surface area contributed by atoms with Crippen molar-refractivity contribution >= 4 is 30.2 Å². The molecule has 0 saturated carbocycles. The van der Waals surface area contributed by atoms with E-state index in [1.807, 2.05) is 22.6 Å². The molecule has 0 atom stereocenters. The molecular weight excluding hydrogens is 242 g/mol. The van der Waals surface area contributed by atoms with Gasteiger partial charge in [0.25, 0.3) is 0 Å². The molecule has 0 fully saturated rings. The van der Waals surface area contributed by atoms with Gasteiger partial charge >= 0.3 is 7.60 Å². The molecule has 0 aliphatic carbocycles. The number of hydrogen-bond acceptors (Lipinski definition) is 3. The predicted molar refractivity (Wildman–Crippen MR) is 40.5 cm³/mol. The third kappa shape index (κ3) is 2.44. The van der Waals surface area contributed by atoms with Crippen molar-refractivity contribution < 1.29 is 13.6 Å². The summed E-state index contributed by atoms with van der Waals surface area (Å²) >= 11 is 1.95. The van der Waals surface area contributed by atoms with E-state index in [9.17, 15) is 4.57 Å². The fourth-order valence-corrected chi connectivity index (χ4v) is 2.19. The summed E-state index contributed by atoms with van der Waals surface area (Å²) in [5, 5.41) is 0. The van der Waals surface area contributed by atoms with Gasteiger partial charge in [-0.3, -0.25) is 4.57 Å². The normalized spacial score (nSPS) is 11.9. The Kier molecular flexibility index (Phi) is 4.24. The molecule has 0 aromatic carbocycles. The van der Waals surface area contributed by atoms with E-state index in [1.165, 1.54) is 14.2 Å². The van der Waals surface area contributed by atoms with Crippen LogP contribution in [-0.2, 0) is 13.6 Å². The van der Waals surface area contributed by atoms with Crippen LogP contribution in [0.2, 0.25) is 0 Å². The Labute approximate surface area is 62.4 Å². The average Bonchev–Trinajstić information content (AvgIpc) is 1.87.